The minimum absolute atomic E-state index is 0.0226. The van der Waals surface area contributed by atoms with E-state index in [-0.39, 0.29) is 23.8 Å². The average Bonchev–Trinajstić information content (AvgIpc) is 3.00. The third kappa shape index (κ3) is 4.04. The third-order valence-corrected chi connectivity index (χ3v) is 5.79. The lowest BCUT2D eigenvalue weighted by molar-refractivity contribution is -0.117. The number of ether oxygens (including phenoxy) is 2. The summed E-state index contributed by atoms with van der Waals surface area (Å²) in [6, 6.07) is 8.96. The van der Waals surface area contributed by atoms with Crippen LogP contribution in [0, 0.1) is 5.82 Å². The van der Waals surface area contributed by atoms with Gasteiger partial charge in [0.1, 0.15) is 5.82 Å². The fraction of sp³-hybridized carbons (Fsp3) is 0.278. The molecule has 3 rings (SSSR count). The Labute approximate surface area is 156 Å². The van der Waals surface area contributed by atoms with E-state index in [0.717, 1.165) is 12.1 Å². The number of halogens is 1. The van der Waals surface area contributed by atoms with Crippen LogP contribution in [-0.4, -0.2) is 41.1 Å². The molecular weight excluding hydrogens is 375 g/mol. The number of nitrogens with zero attached hydrogens (tertiary/aromatic N) is 1. The van der Waals surface area contributed by atoms with Gasteiger partial charge >= 0.3 is 0 Å². The fourth-order valence-corrected chi connectivity index (χ4v) is 4.16. The first-order valence-electron chi connectivity index (χ1n) is 8.14. The monoisotopic (exact) mass is 394 g/mol. The molecule has 1 fully saturated rings. The molecule has 0 radical (unpaired) electrons. The number of nitrogens with one attached hydrogen (secondary N) is 1. The minimum atomic E-state index is -3.85. The van der Waals surface area contributed by atoms with Crippen LogP contribution in [0.15, 0.2) is 47.4 Å². The van der Waals surface area contributed by atoms with E-state index in [4.69, 9.17) is 9.47 Å². The molecule has 1 heterocycles. The van der Waals surface area contributed by atoms with E-state index in [1.165, 1.54) is 31.3 Å². The standard InChI is InChI=1S/C18H19FN2O5S/c1-25-16-8-5-14(10-17(16)26-2)21-11-13(9-18(21)22)20-27(23,24)15-6-3-12(19)4-7-15/h3-8,10,13,20H,9,11H2,1-2H3/t13-/m0/s1. The van der Waals surface area contributed by atoms with Gasteiger partial charge in [0, 0.05) is 30.8 Å². The minimum Gasteiger partial charge on any atom is -0.493 e. The molecule has 27 heavy (non-hydrogen) atoms. The van der Waals surface area contributed by atoms with Crippen molar-refractivity contribution in [3.8, 4) is 11.5 Å². The van der Waals surface area contributed by atoms with Gasteiger partial charge in [-0.25, -0.2) is 17.5 Å². The SMILES string of the molecule is COc1ccc(N2C[C@@H](NS(=O)(=O)c3ccc(F)cc3)CC2=O)cc1OC. The lowest BCUT2D eigenvalue weighted by atomic mass is 10.2. The lowest BCUT2D eigenvalue weighted by Crippen LogP contribution is -2.37. The van der Waals surface area contributed by atoms with E-state index >= 15 is 0 Å². The zero-order valence-corrected chi connectivity index (χ0v) is 15.6. The second-order valence-corrected chi connectivity index (χ2v) is 7.73. The Morgan fingerprint density at radius 2 is 1.74 bits per heavy atom. The van der Waals surface area contributed by atoms with Gasteiger partial charge in [-0.1, -0.05) is 0 Å². The molecule has 1 saturated heterocycles. The molecule has 7 nitrogen and oxygen atoms in total. The molecule has 0 unspecified atom stereocenters. The van der Waals surface area contributed by atoms with Gasteiger partial charge in [-0.15, -0.1) is 0 Å². The van der Waals surface area contributed by atoms with E-state index in [2.05, 4.69) is 4.72 Å². The topological polar surface area (TPSA) is 84.9 Å². The van der Waals surface area contributed by atoms with Gasteiger partial charge in [-0.05, 0) is 36.4 Å². The van der Waals surface area contributed by atoms with E-state index in [1.54, 1.807) is 18.2 Å². The molecule has 9 heteroatoms. The first-order chi connectivity index (χ1) is 12.8. The number of benzene rings is 2. The molecule has 1 amide bonds. The lowest BCUT2D eigenvalue weighted by Gasteiger charge is -2.19. The van der Waals surface area contributed by atoms with Crippen LogP contribution >= 0.6 is 0 Å². The van der Waals surface area contributed by atoms with Gasteiger partial charge in [0.2, 0.25) is 15.9 Å². The summed E-state index contributed by atoms with van der Waals surface area (Å²) in [7, 11) is -0.847. The molecule has 1 aliphatic heterocycles. The van der Waals surface area contributed by atoms with Crippen molar-refractivity contribution in [2.75, 3.05) is 25.7 Å². The summed E-state index contributed by atoms with van der Waals surface area (Å²) in [4.78, 5) is 13.8. The third-order valence-electron chi connectivity index (χ3n) is 4.25. The summed E-state index contributed by atoms with van der Waals surface area (Å²) >= 11 is 0. The highest BCUT2D eigenvalue weighted by Gasteiger charge is 2.34. The van der Waals surface area contributed by atoms with Crippen LogP contribution in [-0.2, 0) is 14.8 Å². The Hall–Kier alpha value is -2.65. The number of rotatable bonds is 6. The van der Waals surface area contributed by atoms with Crippen LogP contribution in [0.4, 0.5) is 10.1 Å². The van der Waals surface area contributed by atoms with Gasteiger partial charge in [0.05, 0.1) is 19.1 Å². The molecule has 1 N–H and O–H groups in total. The zero-order chi connectivity index (χ0) is 19.6. The van der Waals surface area contributed by atoms with Crippen molar-refractivity contribution < 1.29 is 27.1 Å². The van der Waals surface area contributed by atoms with Crippen molar-refractivity contribution in [3.05, 3.63) is 48.3 Å². The number of methoxy groups -OCH3 is 2. The first kappa shape index (κ1) is 19.1. The highest BCUT2D eigenvalue weighted by molar-refractivity contribution is 7.89. The van der Waals surface area contributed by atoms with E-state index in [1.807, 2.05) is 0 Å². The molecule has 0 aliphatic carbocycles. The normalized spacial score (nSPS) is 17.2. The Morgan fingerprint density at radius 1 is 1.07 bits per heavy atom. The van der Waals surface area contributed by atoms with Crippen LogP contribution in [0.5, 0.6) is 11.5 Å². The van der Waals surface area contributed by atoms with Crippen LogP contribution in [0.25, 0.3) is 0 Å². The quantitative estimate of drug-likeness (QED) is 0.809. The second-order valence-electron chi connectivity index (χ2n) is 6.02. The van der Waals surface area contributed by atoms with E-state index in [0.29, 0.717) is 17.2 Å². The van der Waals surface area contributed by atoms with Gasteiger partial charge < -0.3 is 14.4 Å². The van der Waals surface area contributed by atoms with Crippen LogP contribution in [0.3, 0.4) is 0 Å². The summed E-state index contributed by atoms with van der Waals surface area (Å²) in [5.41, 5.74) is 0.584. The number of carbonyl (C=O) groups excluding carboxylic acids is 1. The zero-order valence-electron chi connectivity index (χ0n) is 14.8. The number of sulfonamides is 1. The van der Waals surface area contributed by atoms with Crippen molar-refractivity contribution in [3.63, 3.8) is 0 Å². The summed E-state index contributed by atoms with van der Waals surface area (Å²) in [5, 5.41) is 0. The molecule has 0 saturated carbocycles. The highest BCUT2D eigenvalue weighted by atomic mass is 32.2. The van der Waals surface area contributed by atoms with Crippen LogP contribution in [0.1, 0.15) is 6.42 Å². The molecule has 2 aromatic rings. The summed E-state index contributed by atoms with van der Waals surface area (Å²) in [5.74, 6) is 0.262. The maximum atomic E-state index is 13.0. The maximum Gasteiger partial charge on any atom is 0.240 e. The maximum absolute atomic E-state index is 13.0. The molecule has 144 valence electrons. The summed E-state index contributed by atoms with van der Waals surface area (Å²) in [6.45, 7) is 0.175. The molecule has 0 aromatic heterocycles. The predicted octanol–water partition coefficient (Wildman–Crippen LogP) is 1.93. The fourth-order valence-electron chi connectivity index (χ4n) is 2.93. The molecule has 0 bridgehead atoms. The van der Waals surface area contributed by atoms with E-state index < -0.39 is 21.9 Å². The number of hydrogen-bond donors (Lipinski definition) is 1. The van der Waals surface area contributed by atoms with Gasteiger partial charge in [-0.3, -0.25) is 4.79 Å². The number of anilines is 1. The molecule has 1 aliphatic rings. The Kier molecular flexibility index (Phi) is 5.33. The molecule has 1 atom stereocenters. The Bertz CT molecular complexity index is 947. The predicted molar refractivity (Wildman–Crippen MR) is 97.0 cm³/mol. The van der Waals surface area contributed by atoms with Crippen molar-refractivity contribution in [2.45, 2.75) is 17.4 Å². The van der Waals surface area contributed by atoms with Crippen LogP contribution < -0.4 is 19.1 Å². The largest absolute Gasteiger partial charge is 0.493 e. The van der Waals surface area contributed by atoms with Crippen molar-refractivity contribution in [1.82, 2.24) is 4.72 Å². The Morgan fingerprint density at radius 3 is 2.37 bits per heavy atom. The number of amides is 1. The van der Waals surface area contributed by atoms with Crippen molar-refractivity contribution in [2.24, 2.45) is 0 Å². The molecule has 0 spiro atoms. The number of hydrogen-bond acceptors (Lipinski definition) is 5. The van der Waals surface area contributed by atoms with Gasteiger partial charge in [-0.2, -0.15) is 0 Å². The first-order valence-corrected chi connectivity index (χ1v) is 9.62. The van der Waals surface area contributed by atoms with Crippen molar-refractivity contribution >= 4 is 21.6 Å². The van der Waals surface area contributed by atoms with Gasteiger partial charge in [0.25, 0.3) is 0 Å². The van der Waals surface area contributed by atoms with Crippen molar-refractivity contribution in [1.29, 1.82) is 0 Å². The van der Waals surface area contributed by atoms with Crippen LogP contribution in [0.2, 0.25) is 0 Å². The number of carbonyl (C=O) groups is 1. The Balaban J connectivity index is 1.76. The average molecular weight is 394 g/mol. The smallest absolute Gasteiger partial charge is 0.240 e. The summed E-state index contributed by atoms with van der Waals surface area (Å²) in [6.07, 6.45) is 0.0226. The van der Waals surface area contributed by atoms with Gasteiger partial charge in [0.15, 0.2) is 11.5 Å². The second kappa shape index (κ2) is 7.53. The van der Waals surface area contributed by atoms with E-state index in [9.17, 15) is 17.6 Å². The highest BCUT2D eigenvalue weighted by Crippen LogP contribution is 2.33. The molecule has 2 aromatic carbocycles. The summed E-state index contributed by atoms with van der Waals surface area (Å²) < 4.78 is 50.8. The molecular formula is C18H19FN2O5S.